The molecule has 3 aromatic rings. The van der Waals surface area contributed by atoms with Crippen LogP contribution in [-0.4, -0.2) is 23.3 Å². The van der Waals surface area contributed by atoms with Crippen molar-refractivity contribution in [3.8, 4) is 0 Å². The Morgan fingerprint density at radius 3 is 2.61 bits per heavy atom. The standard InChI is InChI=1S/C20H17F2N3O2S/c21-15-6-3-5-14(10-15)19(26)24-11-18-25-17(12-28-18)20(27)23-9-8-13-4-1-2-7-16(13)22/h1-7,10,12H,8-9,11H2,(H,23,27)(H,24,26). The maximum Gasteiger partial charge on any atom is 0.270 e. The first kappa shape index (κ1) is 19.6. The van der Waals surface area contributed by atoms with Gasteiger partial charge in [0.05, 0.1) is 6.54 Å². The van der Waals surface area contributed by atoms with E-state index in [2.05, 4.69) is 15.6 Å². The Morgan fingerprint density at radius 2 is 1.82 bits per heavy atom. The molecule has 0 radical (unpaired) electrons. The van der Waals surface area contributed by atoms with Gasteiger partial charge in [0.1, 0.15) is 22.3 Å². The van der Waals surface area contributed by atoms with E-state index >= 15 is 0 Å². The number of nitrogens with one attached hydrogen (secondary N) is 2. The van der Waals surface area contributed by atoms with Crippen LogP contribution in [0.25, 0.3) is 0 Å². The van der Waals surface area contributed by atoms with Crippen LogP contribution in [-0.2, 0) is 13.0 Å². The summed E-state index contributed by atoms with van der Waals surface area (Å²) in [6, 6.07) is 11.8. The third-order valence-corrected chi connectivity index (χ3v) is 4.76. The molecule has 0 atom stereocenters. The summed E-state index contributed by atoms with van der Waals surface area (Å²) < 4.78 is 26.7. The lowest BCUT2D eigenvalue weighted by atomic mass is 10.1. The van der Waals surface area contributed by atoms with Crippen molar-refractivity contribution in [2.24, 2.45) is 0 Å². The fourth-order valence-electron chi connectivity index (χ4n) is 2.49. The molecule has 1 aromatic heterocycles. The van der Waals surface area contributed by atoms with Gasteiger partial charge in [0, 0.05) is 17.5 Å². The molecule has 0 bridgehead atoms. The fourth-order valence-corrected chi connectivity index (χ4v) is 3.20. The number of thiazole rings is 1. The summed E-state index contributed by atoms with van der Waals surface area (Å²) in [4.78, 5) is 28.3. The Morgan fingerprint density at radius 1 is 1.00 bits per heavy atom. The van der Waals surface area contributed by atoms with Crippen molar-refractivity contribution in [1.29, 1.82) is 0 Å². The first-order valence-electron chi connectivity index (χ1n) is 8.52. The molecule has 0 aliphatic rings. The van der Waals surface area contributed by atoms with Crippen molar-refractivity contribution >= 4 is 23.2 Å². The molecule has 3 rings (SSSR count). The topological polar surface area (TPSA) is 71.1 Å². The molecule has 0 saturated heterocycles. The van der Waals surface area contributed by atoms with E-state index in [9.17, 15) is 18.4 Å². The third-order valence-electron chi connectivity index (χ3n) is 3.91. The highest BCUT2D eigenvalue weighted by atomic mass is 32.1. The molecule has 8 heteroatoms. The Bertz CT molecular complexity index is 991. The highest BCUT2D eigenvalue weighted by Crippen LogP contribution is 2.11. The number of amides is 2. The molecular weight excluding hydrogens is 384 g/mol. The molecule has 0 fully saturated rings. The molecule has 28 heavy (non-hydrogen) atoms. The number of hydrogen-bond donors (Lipinski definition) is 2. The summed E-state index contributed by atoms with van der Waals surface area (Å²) >= 11 is 1.23. The van der Waals surface area contributed by atoms with Crippen LogP contribution in [0.2, 0.25) is 0 Å². The van der Waals surface area contributed by atoms with E-state index in [4.69, 9.17) is 0 Å². The van der Waals surface area contributed by atoms with Crippen molar-refractivity contribution in [2.75, 3.05) is 6.54 Å². The lowest BCUT2D eigenvalue weighted by molar-refractivity contribution is 0.0945. The van der Waals surface area contributed by atoms with Crippen molar-refractivity contribution in [1.82, 2.24) is 15.6 Å². The highest BCUT2D eigenvalue weighted by Gasteiger charge is 2.12. The second-order valence-corrected chi connectivity index (χ2v) is 6.86. The summed E-state index contributed by atoms with van der Waals surface area (Å²) in [5.74, 6) is -1.58. The summed E-state index contributed by atoms with van der Waals surface area (Å²) in [5, 5.41) is 7.46. The number of nitrogens with zero attached hydrogens (tertiary/aromatic N) is 1. The molecule has 0 aliphatic heterocycles. The van der Waals surface area contributed by atoms with Gasteiger partial charge in [-0.2, -0.15) is 0 Å². The molecule has 5 nitrogen and oxygen atoms in total. The minimum absolute atomic E-state index is 0.127. The van der Waals surface area contributed by atoms with Crippen LogP contribution >= 0.6 is 11.3 Å². The largest absolute Gasteiger partial charge is 0.350 e. The number of hydrogen-bond acceptors (Lipinski definition) is 4. The van der Waals surface area contributed by atoms with Crippen LogP contribution in [0.15, 0.2) is 53.9 Å². The number of carbonyl (C=O) groups is 2. The summed E-state index contributed by atoms with van der Waals surface area (Å²) in [7, 11) is 0. The van der Waals surface area contributed by atoms with Crippen molar-refractivity contribution in [3.05, 3.63) is 87.4 Å². The van der Waals surface area contributed by atoms with Crippen LogP contribution in [0.5, 0.6) is 0 Å². The minimum Gasteiger partial charge on any atom is -0.350 e. The Balaban J connectivity index is 1.48. The average molecular weight is 401 g/mol. The van der Waals surface area contributed by atoms with Crippen LogP contribution < -0.4 is 10.6 Å². The number of benzene rings is 2. The first-order chi connectivity index (χ1) is 13.5. The Hall–Kier alpha value is -3.13. The smallest absolute Gasteiger partial charge is 0.270 e. The van der Waals surface area contributed by atoms with Gasteiger partial charge in [0.2, 0.25) is 0 Å². The molecule has 2 N–H and O–H groups in total. The molecule has 0 saturated carbocycles. The lowest BCUT2D eigenvalue weighted by Crippen LogP contribution is -2.26. The molecule has 0 aliphatic carbocycles. The van der Waals surface area contributed by atoms with E-state index in [0.29, 0.717) is 17.0 Å². The monoisotopic (exact) mass is 401 g/mol. The quantitative estimate of drug-likeness (QED) is 0.638. The lowest BCUT2D eigenvalue weighted by Gasteiger charge is -2.05. The number of halogens is 2. The van der Waals surface area contributed by atoms with E-state index in [1.807, 2.05) is 0 Å². The predicted molar refractivity (Wildman–Crippen MR) is 102 cm³/mol. The van der Waals surface area contributed by atoms with E-state index in [-0.39, 0.29) is 36.1 Å². The van der Waals surface area contributed by atoms with Crippen LogP contribution in [0, 0.1) is 11.6 Å². The van der Waals surface area contributed by atoms with Gasteiger partial charge in [0.25, 0.3) is 11.8 Å². The van der Waals surface area contributed by atoms with Gasteiger partial charge in [-0.15, -0.1) is 11.3 Å². The highest BCUT2D eigenvalue weighted by molar-refractivity contribution is 7.09. The third kappa shape index (κ3) is 5.20. The van der Waals surface area contributed by atoms with Gasteiger partial charge in [-0.25, -0.2) is 13.8 Å². The second-order valence-electron chi connectivity index (χ2n) is 5.92. The van der Waals surface area contributed by atoms with E-state index in [1.54, 1.807) is 23.6 Å². The Labute approximate surface area is 164 Å². The number of rotatable bonds is 7. The zero-order valence-electron chi connectivity index (χ0n) is 14.7. The predicted octanol–water partition coefficient (Wildman–Crippen LogP) is 3.32. The summed E-state index contributed by atoms with van der Waals surface area (Å²) in [5.41, 5.74) is 0.970. The SMILES string of the molecule is O=C(NCc1nc(C(=O)NCCc2ccccc2F)cs1)c1cccc(F)c1. The van der Waals surface area contributed by atoms with Crippen molar-refractivity contribution in [3.63, 3.8) is 0 Å². The summed E-state index contributed by atoms with van der Waals surface area (Å²) in [6.45, 7) is 0.408. The second kappa shape index (κ2) is 9.18. The molecule has 2 amide bonds. The van der Waals surface area contributed by atoms with Gasteiger partial charge in [-0.1, -0.05) is 24.3 Å². The minimum atomic E-state index is -0.490. The van der Waals surface area contributed by atoms with Gasteiger partial charge in [-0.05, 0) is 36.2 Å². The molecule has 1 heterocycles. The molecular formula is C20H17F2N3O2S. The van der Waals surface area contributed by atoms with E-state index in [0.717, 1.165) is 6.07 Å². The van der Waals surface area contributed by atoms with E-state index in [1.165, 1.54) is 35.6 Å². The van der Waals surface area contributed by atoms with Crippen molar-refractivity contribution < 1.29 is 18.4 Å². The van der Waals surface area contributed by atoms with E-state index < -0.39 is 11.7 Å². The van der Waals surface area contributed by atoms with Crippen LogP contribution in [0.4, 0.5) is 8.78 Å². The molecule has 2 aromatic carbocycles. The first-order valence-corrected chi connectivity index (χ1v) is 9.40. The number of carbonyl (C=O) groups excluding carboxylic acids is 2. The van der Waals surface area contributed by atoms with Crippen molar-refractivity contribution in [2.45, 2.75) is 13.0 Å². The zero-order chi connectivity index (χ0) is 19.9. The van der Waals surface area contributed by atoms with Crippen LogP contribution in [0.3, 0.4) is 0 Å². The fraction of sp³-hybridized carbons (Fsp3) is 0.150. The van der Waals surface area contributed by atoms with Gasteiger partial charge in [-0.3, -0.25) is 9.59 Å². The molecule has 0 spiro atoms. The average Bonchev–Trinajstić information content (AvgIpc) is 3.17. The van der Waals surface area contributed by atoms with Crippen LogP contribution in [0.1, 0.15) is 31.4 Å². The maximum atomic E-state index is 13.6. The normalized spacial score (nSPS) is 10.5. The maximum absolute atomic E-state index is 13.6. The van der Waals surface area contributed by atoms with Gasteiger partial charge < -0.3 is 10.6 Å². The number of aromatic nitrogens is 1. The zero-order valence-corrected chi connectivity index (χ0v) is 15.6. The molecule has 144 valence electrons. The summed E-state index contributed by atoms with van der Waals surface area (Å²) in [6.07, 6.45) is 0.374. The van der Waals surface area contributed by atoms with Gasteiger partial charge in [0.15, 0.2) is 0 Å². The Kier molecular flexibility index (Phi) is 6.44. The molecule has 0 unspecified atom stereocenters. The van der Waals surface area contributed by atoms with Gasteiger partial charge >= 0.3 is 0 Å².